The third kappa shape index (κ3) is 4.38. The van der Waals surface area contributed by atoms with Gasteiger partial charge in [-0.1, -0.05) is 32.9 Å². The van der Waals surface area contributed by atoms with Crippen molar-refractivity contribution in [2.24, 2.45) is 22.7 Å². The second-order valence-electron chi connectivity index (χ2n) is 11.4. The summed E-state index contributed by atoms with van der Waals surface area (Å²) in [6, 6.07) is 0. The summed E-state index contributed by atoms with van der Waals surface area (Å²) in [6.07, 6.45) is 0.375. The second-order valence-corrected chi connectivity index (χ2v) is 11.4. The highest BCUT2D eigenvalue weighted by Gasteiger charge is 2.57. The van der Waals surface area contributed by atoms with E-state index in [1.807, 2.05) is 6.08 Å². The highest BCUT2D eigenvalue weighted by molar-refractivity contribution is 5.90. The third-order valence-corrected chi connectivity index (χ3v) is 9.17. The lowest BCUT2D eigenvalue weighted by molar-refractivity contribution is -0.327. The molecular formula is C26H40O8. The van der Waals surface area contributed by atoms with E-state index < -0.39 is 37.3 Å². The molecule has 3 fully saturated rings. The molecule has 4 rings (SSSR count). The van der Waals surface area contributed by atoms with Crippen molar-refractivity contribution in [3.8, 4) is 0 Å². The maximum Gasteiger partial charge on any atom is 0.334 e. The Morgan fingerprint density at radius 1 is 1.15 bits per heavy atom. The van der Waals surface area contributed by atoms with Crippen molar-refractivity contribution >= 4 is 5.97 Å². The number of fused-ring (bicyclic) bond motifs is 1. The predicted molar refractivity (Wildman–Crippen MR) is 123 cm³/mol. The molecule has 8 nitrogen and oxygen atoms in total. The number of carbonyl (C=O) groups excluding carboxylic acids is 1. The van der Waals surface area contributed by atoms with E-state index in [-0.39, 0.29) is 28.8 Å². The lowest BCUT2D eigenvalue weighted by atomic mass is 9.46. The molecule has 1 saturated heterocycles. The zero-order valence-electron chi connectivity index (χ0n) is 20.5. The first-order valence-electron chi connectivity index (χ1n) is 12.5. The summed E-state index contributed by atoms with van der Waals surface area (Å²) in [5.74, 6) is 0.400. The average molecular weight is 481 g/mol. The fourth-order valence-electron chi connectivity index (χ4n) is 7.17. The molecule has 0 aromatic heterocycles. The average Bonchev–Trinajstić information content (AvgIpc) is 3.19. The normalized spacial score (nSPS) is 44.4. The third-order valence-electron chi connectivity index (χ3n) is 9.17. The molecule has 34 heavy (non-hydrogen) atoms. The molecule has 9 unspecified atom stereocenters. The summed E-state index contributed by atoms with van der Waals surface area (Å²) in [4.78, 5) is 11.9. The van der Waals surface area contributed by atoms with E-state index >= 15 is 0 Å². The van der Waals surface area contributed by atoms with Crippen LogP contribution >= 0.6 is 0 Å². The number of esters is 1. The van der Waals surface area contributed by atoms with Crippen LogP contribution < -0.4 is 0 Å². The Balaban J connectivity index is 1.49. The molecule has 2 heterocycles. The molecule has 192 valence electrons. The molecule has 4 N–H and O–H groups in total. The quantitative estimate of drug-likeness (QED) is 0.258. The van der Waals surface area contributed by atoms with Crippen molar-refractivity contribution in [1.82, 2.24) is 0 Å². The number of allylic oxidation sites excluding steroid dienone is 1. The van der Waals surface area contributed by atoms with Gasteiger partial charge in [-0.3, -0.25) is 0 Å². The Morgan fingerprint density at radius 3 is 2.53 bits per heavy atom. The summed E-state index contributed by atoms with van der Waals surface area (Å²) in [5.41, 5.74) is 1.75. The molecule has 0 aromatic rings. The molecule has 0 amide bonds. The van der Waals surface area contributed by atoms with Gasteiger partial charge in [0.05, 0.1) is 12.7 Å². The summed E-state index contributed by atoms with van der Waals surface area (Å²) < 4.78 is 17.0. The summed E-state index contributed by atoms with van der Waals surface area (Å²) in [7, 11) is 0. The lowest BCUT2D eigenvalue weighted by Crippen LogP contribution is -2.62. The highest BCUT2D eigenvalue weighted by Crippen LogP contribution is 2.62. The van der Waals surface area contributed by atoms with Gasteiger partial charge in [-0.05, 0) is 67.3 Å². The topological polar surface area (TPSA) is 126 Å². The van der Waals surface area contributed by atoms with Crippen LogP contribution in [0.25, 0.3) is 0 Å². The number of cyclic esters (lactones) is 1. The Labute approximate surface area is 201 Å². The molecule has 0 aromatic carbocycles. The minimum atomic E-state index is -1.45. The molecule has 2 saturated carbocycles. The van der Waals surface area contributed by atoms with Crippen LogP contribution in [0.3, 0.4) is 0 Å². The van der Waals surface area contributed by atoms with Crippen LogP contribution in [-0.4, -0.2) is 76.4 Å². The van der Waals surface area contributed by atoms with Crippen molar-refractivity contribution in [2.75, 3.05) is 13.2 Å². The Bertz CT molecular complexity index is 820. The minimum absolute atomic E-state index is 0.00284. The van der Waals surface area contributed by atoms with E-state index in [2.05, 4.69) is 27.4 Å². The SMILES string of the molecule is C=C1CCC2C(C)(C)C(OC3OC(CO)C(O)C(O)C3O)CCC2(C)C1CCC1=CCOC1=O. The van der Waals surface area contributed by atoms with Crippen molar-refractivity contribution in [3.05, 3.63) is 23.8 Å². The van der Waals surface area contributed by atoms with Gasteiger partial charge < -0.3 is 34.6 Å². The van der Waals surface area contributed by atoms with E-state index in [9.17, 15) is 25.2 Å². The molecule has 8 heteroatoms. The van der Waals surface area contributed by atoms with Crippen molar-refractivity contribution in [2.45, 2.75) is 96.1 Å². The van der Waals surface area contributed by atoms with Crippen LogP contribution in [-0.2, 0) is 19.0 Å². The summed E-state index contributed by atoms with van der Waals surface area (Å²) in [6.45, 7) is 11.0. The van der Waals surface area contributed by atoms with Gasteiger partial charge in [-0.15, -0.1) is 0 Å². The molecule has 0 radical (unpaired) electrons. The van der Waals surface area contributed by atoms with Gasteiger partial charge in [0.25, 0.3) is 0 Å². The van der Waals surface area contributed by atoms with Gasteiger partial charge >= 0.3 is 5.97 Å². The van der Waals surface area contributed by atoms with E-state index in [1.54, 1.807) is 0 Å². The van der Waals surface area contributed by atoms with Crippen LogP contribution in [0.15, 0.2) is 23.8 Å². The highest BCUT2D eigenvalue weighted by atomic mass is 16.7. The molecule has 0 bridgehead atoms. The zero-order chi connectivity index (χ0) is 24.8. The lowest BCUT2D eigenvalue weighted by Gasteiger charge is -2.60. The fourth-order valence-corrected chi connectivity index (χ4v) is 7.17. The number of rotatable bonds is 6. The monoisotopic (exact) mass is 480 g/mol. The van der Waals surface area contributed by atoms with Crippen molar-refractivity contribution in [3.63, 3.8) is 0 Å². The molecule has 4 aliphatic rings. The Morgan fingerprint density at radius 2 is 1.88 bits per heavy atom. The maximum absolute atomic E-state index is 11.9. The van der Waals surface area contributed by atoms with Gasteiger partial charge in [0.1, 0.15) is 31.0 Å². The zero-order valence-corrected chi connectivity index (χ0v) is 20.5. The predicted octanol–water partition coefficient (Wildman–Crippen LogP) is 1.84. The van der Waals surface area contributed by atoms with Gasteiger partial charge in [0.2, 0.25) is 0 Å². The van der Waals surface area contributed by atoms with Crippen LogP contribution in [0.1, 0.15) is 59.3 Å². The van der Waals surface area contributed by atoms with Gasteiger partial charge in [0.15, 0.2) is 6.29 Å². The smallest absolute Gasteiger partial charge is 0.334 e. The summed E-state index contributed by atoms with van der Waals surface area (Å²) >= 11 is 0. The Kier molecular flexibility index (Phi) is 7.31. The van der Waals surface area contributed by atoms with E-state index in [4.69, 9.17) is 14.2 Å². The number of aliphatic hydroxyl groups excluding tert-OH is 4. The van der Waals surface area contributed by atoms with Crippen LogP contribution in [0.4, 0.5) is 0 Å². The fraction of sp³-hybridized carbons (Fsp3) is 0.808. The number of ether oxygens (including phenoxy) is 3. The minimum Gasteiger partial charge on any atom is -0.458 e. The van der Waals surface area contributed by atoms with Crippen molar-refractivity contribution < 1.29 is 39.4 Å². The van der Waals surface area contributed by atoms with Crippen LogP contribution in [0, 0.1) is 22.7 Å². The van der Waals surface area contributed by atoms with E-state index in [1.165, 1.54) is 5.57 Å². The van der Waals surface area contributed by atoms with Gasteiger partial charge in [0, 0.05) is 5.57 Å². The van der Waals surface area contributed by atoms with Crippen LogP contribution in [0.5, 0.6) is 0 Å². The summed E-state index contributed by atoms with van der Waals surface area (Å²) in [5, 5.41) is 40.2. The molecular weight excluding hydrogens is 440 g/mol. The number of hydrogen-bond donors (Lipinski definition) is 4. The second kappa shape index (κ2) is 9.64. The molecule has 2 aliphatic heterocycles. The maximum atomic E-state index is 11.9. The molecule has 9 atom stereocenters. The first kappa shape index (κ1) is 25.8. The standard InChI is InChI=1S/C26H40O8/c1-14-5-8-18-25(2,3)19(34-24-22(30)21(29)20(28)17(13-27)33-24)9-11-26(18,4)16(14)7-6-15-10-12-32-23(15)31/h10,16-22,24,27-30H,1,5-9,11-13H2,2-4H3. The first-order valence-corrected chi connectivity index (χ1v) is 12.5. The first-order chi connectivity index (χ1) is 16.0. The largest absolute Gasteiger partial charge is 0.458 e. The van der Waals surface area contributed by atoms with Gasteiger partial charge in [-0.2, -0.15) is 0 Å². The number of aliphatic hydroxyl groups is 4. The van der Waals surface area contributed by atoms with E-state index in [0.29, 0.717) is 18.9 Å². The number of carbonyl (C=O) groups is 1. The number of hydrogen-bond acceptors (Lipinski definition) is 8. The van der Waals surface area contributed by atoms with Crippen LogP contribution in [0.2, 0.25) is 0 Å². The molecule has 2 aliphatic carbocycles. The van der Waals surface area contributed by atoms with Crippen molar-refractivity contribution in [1.29, 1.82) is 0 Å². The van der Waals surface area contributed by atoms with E-state index in [0.717, 1.165) is 37.7 Å². The molecule has 0 spiro atoms. The Hall–Kier alpha value is -1.29. The van der Waals surface area contributed by atoms with Gasteiger partial charge in [-0.25, -0.2) is 4.79 Å².